The van der Waals surface area contributed by atoms with Crippen molar-refractivity contribution in [2.45, 2.75) is 465 Å². The smallest absolute Gasteiger partial charge is 0.407 e. The number of hydrogen-bond donors (Lipinski definition) is 9. The number of hydrogen-bond acceptors (Lipinski definition) is 26. The average Bonchev–Trinajstić information content (AvgIpc) is 1.45. The number of benzene rings is 1. The summed E-state index contributed by atoms with van der Waals surface area (Å²) in [6.45, 7) is 81.8. The van der Waals surface area contributed by atoms with E-state index in [1.54, 1.807) is 113 Å². The number of carbonyl (C=O) groups excluding carboxylic acids is 8. The highest BCUT2D eigenvalue weighted by atomic mass is 28.4. The van der Waals surface area contributed by atoms with Crippen LogP contribution in [0.2, 0.25) is 18.1 Å². The fraction of sp³-hybridized carbons (Fsp3) is 0.792. The van der Waals surface area contributed by atoms with Crippen LogP contribution < -0.4 is 16.0 Å². The van der Waals surface area contributed by atoms with Crippen molar-refractivity contribution in [2.75, 3.05) is 6.61 Å². The zero-order valence-electron chi connectivity index (χ0n) is 90.6. The molecule has 136 heavy (non-hydrogen) atoms. The van der Waals surface area contributed by atoms with Gasteiger partial charge in [0.05, 0.1) is 83.7 Å². The number of fused-ring (bicyclic) bond motifs is 3. The number of ether oxygens (including phenoxy) is 11. The Balaban J connectivity index is 0.000000446. The summed E-state index contributed by atoms with van der Waals surface area (Å²) < 4.78 is 73.4. The fourth-order valence-corrected chi connectivity index (χ4v) is 21.5. The van der Waals surface area contributed by atoms with Crippen LogP contribution in [-0.2, 0) is 75.7 Å². The Labute approximate surface area is 816 Å². The Morgan fingerprint density at radius 2 is 0.993 bits per heavy atom. The predicted octanol–water partition coefficient (Wildman–Crippen LogP) is 18.6. The van der Waals surface area contributed by atoms with E-state index >= 15 is 0 Å². The highest BCUT2D eigenvalue weighted by molar-refractivity contribution is 6.74. The molecular weight excluding hydrogens is 1760 g/mol. The van der Waals surface area contributed by atoms with E-state index in [0.717, 1.165) is 28.7 Å². The number of aliphatic hydroxyl groups excluding tert-OH is 5. The van der Waals surface area contributed by atoms with Gasteiger partial charge in [0.2, 0.25) is 0 Å². The fourth-order valence-electron chi connectivity index (χ4n) is 20.0. The molecule has 0 bridgehead atoms. The third kappa shape index (κ3) is 30.1. The average molecular weight is 1940 g/mol. The molecule has 6 rings (SSSR count). The number of carbonyl (C=O) groups is 8. The second-order valence-electron chi connectivity index (χ2n) is 47.0. The van der Waals surface area contributed by atoms with E-state index < -0.39 is 216 Å². The monoisotopic (exact) mass is 1940 g/mol. The molecule has 30 heteroatoms. The molecule has 9 N–H and O–H groups in total. The van der Waals surface area contributed by atoms with Gasteiger partial charge in [-0.3, -0.25) is 9.59 Å². The molecule has 2 saturated heterocycles. The van der Waals surface area contributed by atoms with Crippen molar-refractivity contribution in [1.29, 1.82) is 0 Å². The van der Waals surface area contributed by atoms with Gasteiger partial charge in [0.15, 0.2) is 32.4 Å². The van der Waals surface area contributed by atoms with Gasteiger partial charge in [0.1, 0.15) is 47.3 Å². The first kappa shape index (κ1) is 121. The van der Waals surface area contributed by atoms with Crippen molar-refractivity contribution >= 4 is 56.4 Å². The van der Waals surface area contributed by atoms with Crippen LogP contribution in [0.5, 0.6) is 0 Å². The SMILES string of the molecule is C=CC1O[C@H]2C[C@H]3OC[C@@]3(OC(C)=O)[C@H]3[C@H](OC(=O)c4ccccc4)[C@]4(C(C)(C)O)CC(OC(=O)C(O)[C@H](CC(C)C)NC(=O)OC(C)(C)C)C(C)=C4[C@H](C)[C@H](O1)[C@]23C.CC[C@H](O)C(C)(C)[C@@H](O)[C@@H](C)/C(C)=C(\C)[C@H](C)OC(=O)C(O)[C@H](CC(C)C)NC(=O)OC(C)(C)C.CC[C@H](O[Si](C)(C)C(C)(C)C)C(C)(C)[C@@H](O)[C@@H](C)/C(C)=C(\C)[C@H](C)OC(=O)C(C)[C@H](CC(C)C)NC(=O)OC(C)(C)C. The zero-order chi connectivity index (χ0) is 105. The van der Waals surface area contributed by atoms with E-state index in [9.17, 15) is 69.0 Å². The van der Waals surface area contributed by atoms with Crippen LogP contribution in [0.15, 0.2) is 76.4 Å². The van der Waals surface area contributed by atoms with Crippen LogP contribution in [0, 0.1) is 69.0 Å². The molecule has 0 aromatic heterocycles. The van der Waals surface area contributed by atoms with E-state index in [4.69, 9.17) is 56.5 Å². The molecular formula is C106H181N3O26Si. The topological polar surface area (TPSA) is 405 Å². The Morgan fingerprint density at radius 1 is 0.566 bits per heavy atom. The Hall–Kier alpha value is -6.84. The van der Waals surface area contributed by atoms with Gasteiger partial charge in [-0.1, -0.05) is 167 Å². The highest BCUT2D eigenvalue weighted by Gasteiger charge is 2.80. The first-order chi connectivity index (χ1) is 61.8. The van der Waals surface area contributed by atoms with Crippen LogP contribution in [0.3, 0.4) is 0 Å². The molecule has 29 nitrogen and oxygen atoms in total. The van der Waals surface area contributed by atoms with Crippen molar-refractivity contribution in [2.24, 2.45) is 69.0 Å². The van der Waals surface area contributed by atoms with Crippen molar-refractivity contribution in [3.8, 4) is 0 Å². The lowest BCUT2D eigenvalue weighted by Crippen LogP contribution is -2.80. The number of esters is 5. The second-order valence-corrected chi connectivity index (χ2v) is 51.7. The lowest BCUT2D eigenvalue weighted by Gasteiger charge is -2.67. The molecule has 0 radical (unpaired) electrons. The summed E-state index contributed by atoms with van der Waals surface area (Å²) in [6, 6.07) is 6.14. The van der Waals surface area contributed by atoms with Crippen molar-refractivity contribution in [1.82, 2.24) is 16.0 Å². The molecule has 1 aromatic carbocycles. The van der Waals surface area contributed by atoms with Gasteiger partial charge in [0.25, 0.3) is 0 Å². The molecule has 780 valence electrons. The summed E-state index contributed by atoms with van der Waals surface area (Å²) in [4.78, 5) is 105. The predicted molar refractivity (Wildman–Crippen MR) is 528 cm³/mol. The van der Waals surface area contributed by atoms with Crippen LogP contribution >= 0.6 is 0 Å². The minimum atomic E-state index is -2.03. The Bertz CT molecular complexity index is 4270. The minimum absolute atomic E-state index is 0.0118. The maximum atomic E-state index is 14.5. The molecule has 2 saturated carbocycles. The molecule has 3 aliphatic carbocycles. The number of nitrogens with one attached hydrogen (secondary N) is 3. The summed E-state index contributed by atoms with van der Waals surface area (Å²) in [5, 5.41) is 76.3. The molecule has 3 amide bonds. The van der Waals surface area contributed by atoms with E-state index in [-0.39, 0.29) is 71.7 Å². The normalized spacial score (nSPS) is 26.1. The third-order valence-electron chi connectivity index (χ3n) is 29.4. The number of amides is 3. The molecule has 1 aromatic rings. The maximum Gasteiger partial charge on any atom is 0.407 e. The van der Waals surface area contributed by atoms with Gasteiger partial charge in [0, 0.05) is 59.8 Å². The lowest BCUT2D eigenvalue weighted by atomic mass is 9.49. The Kier molecular flexibility index (Phi) is 42.7. The number of aliphatic hydroxyl groups is 6. The van der Waals surface area contributed by atoms with Crippen LogP contribution in [-0.4, -0.2) is 225 Å². The quantitative estimate of drug-likeness (QED) is 0.0129. The van der Waals surface area contributed by atoms with Gasteiger partial charge in [-0.05, 0) is 240 Å². The summed E-state index contributed by atoms with van der Waals surface area (Å²) >= 11 is 0. The van der Waals surface area contributed by atoms with Crippen molar-refractivity contribution < 1.29 is 126 Å². The summed E-state index contributed by atoms with van der Waals surface area (Å²) in [5.74, 6) is -5.57. The van der Waals surface area contributed by atoms with Gasteiger partial charge < -0.3 is 103 Å². The van der Waals surface area contributed by atoms with Gasteiger partial charge in [-0.15, -0.1) is 0 Å². The molecule has 25 atom stereocenters. The first-order valence-electron chi connectivity index (χ1n) is 49.3. The molecule has 4 fully saturated rings. The number of rotatable bonds is 37. The van der Waals surface area contributed by atoms with Crippen LogP contribution in [0.4, 0.5) is 14.4 Å². The maximum absolute atomic E-state index is 14.5. The molecule has 5 unspecified atom stereocenters. The molecule has 2 heterocycles. The summed E-state index contributed by atoms with van der Waals surface area (Å²) in [6.07, 6.45) is -9.41. The first-order valence-corrected chi connectivity index (χ1v) is 52.2. The van der Waals surface area contributed by atoms with Gasteiger partial charge in [-0.2, -0.15) is 0 Å². The lowest BCUT2D eigenvalue weighted by molar-refractivity contribution is -0.391. The molecule has 0 spiro atoms. The van der Waals surface area contributed by atoms with Gasteiger partial charge in [-0.25, -0.2) is 28.8 Å². The van der Waals surface area contributed by atoms with Gasteiger partial charge >= 0.3 is 48.1 Å². The van der Waals surface area contributed by atoms with Crippen LogP contribution in [0.25, 0.3) is 0 Å². The number of alkyl carbamates (subject to hydrolysis) is 3. The summed E-state index contributed by atoms with van der Waals surface area (Å²) in [5.41, 5.74) is -3.97. The standard InChI is InChI=1S/C45H63NO13.C34H67NO6Si.C27H51NO7/c1-13-32-55-30-20-31-45(22-53-31,58-26(6)47)35-37(57-38(49)27-17-15-14-16-18-27)44(42(10,11)52)21-29(24(4)33(44)25(5)36(56-32)43(30,35)12)54-39(50)34(48)28(19-23(2)3)46-40(51)59-41(7,8)9;1-19-28(41-42(17,18)33(12,13)14)34(15,16)29(36)24(6)22(4)23(5)26(8)39-30(37)25(7)27(20-21(2)3)35-31(38)40-32(9,10)11;1-13-21(29)27(11,12)23(31)18(6)16(4)17(5)19(7)34-24(32)22(30)20(14-15(2)3)28-25(33)35-26(8,9)10/h13-18,23,25,28-32,34-37,48,52H,1,19-22H2,2-12H3,(H,46,51);21,24-29,36H,19-20H2,1-18H3,(H,35,38);15,18-23,29-31H,13-14H2,1-12H3,(H,28,33)/b;23-22+;17-16+/t25-,28-,29?,30-,31+,32?,34?,35-,36-,37-,43+,44-,45-;24-,25?,26-,27-,28-,29-;18-,19-,20-,21-,22?,23-/m000/s1. The second kappa shape index (κ2) is 47.8. The van der Waals surface area contributed by atoms with E-state index in [0.29, 0.717) is 36.8 Å². The Morgan fingerprint density at radius 3 is 1.38 bits per heavy atom. The minimum Gasteiger partial charge on any atom is -0.458 e. The largest absolute Gasteiger partial charge is 0.458 e. The summed E-state index contributed by atoms with van der Waals surface area (Å²) in [7, 11) is -2.03. The van der Waals surface area contributed by atoms with Crippen LogP contribution in [0.1, 0.15) is 325 Å². The zero-order valence-corrected chi connectivity index (χ0v) is 91.6. The van der Waals surface area contributed by atoms with E-state index in [1.165, 1.54) is 6.92 Å². The van der Waals surface area contributed by atoms with E-state index in [1.807, 2.05) is 132 Å². The molecule has 5 aliphatic rings. The third-order valence-corrected chi connectivity index (χ3v) is 33.8. The van der Waals surface area contributed by atoms with E-state index in [2.05, 4.69) is 91.0 Å². The molecule has 2 aliphatic heterocycles. The van der Waals surface area contributed by atoms with Crippen molar-refractivity contribution in [3.63, 3.8) is 0 Å². The highest BCUT2D eigenvalue weighted by Crippen LogP contribution is 2.71. The van der Waals surface area contributed by atoms with Crippen molar-refractivity contribution in [3.05, 3.63) is 82.0 Å².